The van der Waals surface area contributed by atoms with Crippen molar-refractivity contribution < 1.29 is 0 Å². The molecule has 0 amide bonds. The van der Waals surface area contributed by atoms with Crippen LogP contribution in [0, 0.1) is 11.3 Å². The average molecular weight is 473 g/mol. The van der Waals surface area contributed by atoms with Crippen LogP contribution in [0.25, 0.3) is 0 Å². The highest BCUT2D eigenvalue weighted by molar-refractivity contribution is 7.99. The van der Waals surface area contributed by atoms with Crippen molar-refractivity contribution in [2.75, 3.05) is 18.8 Å². The lowest BCUT2D eigenvalue weighted by Crippen LogP contribution is -2.28. The summed E-state index contributed by atoms with van der Waals surface area (Å²) in [6.45, 7) is 4.95. The Kier molecular flexibility index (Phi) is 13.2. The zero-order chi connectivity index (χ0) is 23.1. The maximum atomic E-state index is 8.29. The Hall–Kier alpha value is -2.54. The van der Waals surface area contributed by atoms with Crippen molar-refractivity contribution in [1.82, 2.24) is 4.90 Å². The van der Waals surface area contributed by atoms with E-state index in [1.165, 1.54) is 67.8 Å². The highest BCUT2D eigenvalue weighted by Crippen LogP contribution is 2.28. The first-order valence-corrected chi connectivity index (χ1v) is 13.2. The van der Waals surface area contributed by atoms with E-state index in [0.29, 0.717) is 5.56 Å². The molecule has 1 atom stereocenters. The van der Waals surface area contributed by atoms with Gasteiger partial charge in [0.1, 0.15) is 0 Å². The second-order valence-corrected chi connectivity index (χ2v) is 9.79. The average Bonchev–Trinajstić information content (AvgIpc) is 3.30. The van der Waals surface area contributed by atoms with Gasteiger partial charge in [-0.1, -0.05) is 74.2 Å². The largest absolute Gasteiger partial charge is 0.301 e. The number of nitriles is 1. The highest BCUT2D eigenvalue weighted by atomic mass is 32.2. The fourth-order valence-electron chi connectivity index (χ4n) is 4.26. The topological polar surface area (TPSA) is 27.0 Å². The number of fused-ring (bicyclic) bond motifs is 1. The number of thioether (sulfide) groups is 1. The van der Waals surface area contributed by atoms with Crippen molar-refractivity contribution in [1.29, 1.82) is 5.26 Å². The fraction of sp³-hybridized carbons (Fsp3) is 0.387. The number of likely N-dealkylation sites (tertiary alicyclic amines) is 1. The number of hydrogen-bond acceptors (Lipinski definition) is 3. The molecule has 3 aromatic rings. The molecule has 0 radical (unpaired) electrons. The van der Waals surface area contributed by atoms with E-state index in [1.807, 2.05) is 36.0 Å². The fourth-order valence-corrected chi connectivity index (χ4v) is 5.30. The zero-order valence-electron chi connectivity index (χ0n) is 19.8. The predicted octanol–water partition coefficient (Wildman–Crippen LogP) is 8.02. The first kappa shape index (κ1) is 27.7. The molecule has 1 unspecified atom stereocenters. The molecule has 1 fully saturated rings. The van der Waals surface area contributed by atoms with Crippen LogP contribution in [0.2, 0.25) is 0 Å². The van der Waals surface area contributed by atoms with Crippen LogP contribution in [-0.4, -0.2) is 29.8 Å². The summed E-state index contributed by atoms with van der Waals surface area (Å²) in [5.74, 6) is 1.30. The van der Waals surface area contributed by atoms with Gasteiger partial charge in [-0.3, -0.25) is 0 Å². The van der Waals surface area contributed by atoms with Crippen LogP contribution in [0.3, 0.4) is 0 Å². The van der Waals surface area contributed by atoms with Gasteiger partial charge in [0.05, 0.1) is 11.6 Å². The Morgan fingerprint density at radius 3 is 2.21 bits per heavy atom. The molecule has 3 heteroatoms. The van der Waals surface area contributed by atoms with Gasteiger partial charge in [0.15, 0.2) is 0 Å². The molecule has 0 spiro atoms. The minimum absolute atomic E-state index is 0. The molecule has 1 saturated heterocycles. The van der Waals surface area contributed by atoms with Crippen LogP contribution in [0.15, 0.2) is 89.8 Å². The summed E-state index contributed by atoms with van der Waals surface area (Å²) in [6, 6.07) is 31.5. The van der Waals surface area contributed by atoms with Crippen molar-refractivity contribution in [2.24, 2.45) is 0 Å². The molecule has 3 aromatic carbocycles. The molecule has 2 aliphatic heterocycles. The second-order valence-electron chi connectivity index (χ2n) is 8.65. The van der Waals surface area contributed by atoms with Crippen molar-refractivity contribution in [2.45, 2.75) is 63.8 Å². The van der Waals surface area contributed by atoms with Gasteiger partial charge in [-0.05, 0) is 93.6 Å². The SMILES string of the molecule is C.CC1CCCN1CCCc1ccccc1.N#Cc1ccccc1.c1ccc2c(c1)CCCS2. The summed E-state index contributed by atoms with van der Waals surface area (Å²) in [5.41, 5.74) is 3.73. The lowest BCUT2D eigenvalue weighted by Gasteiger charge is -2.20. The number of rotatable bonds is 4. The Labute approximate surface area is 212 Å². The van der Waals surface area contributed by atoms with Gasteiger partial charge in [0.2, 0.25) is 0 Å². The van der Waals surface area contributed by atoms with E-state index in [-0.39, 0.29) is 7.43 Å². The number of nitrogens with zero attached hydrogens (tertiary/aromatic N) is 2. The van der Waals surface area contributed by atoms with Crippen molar-refractivity contribution in [3.05, 3.63) is 102 Å². The summed E-state index contributed by atoms with van der Waals surface area (Å²) in [5, 5.41) is 8.29. The van der Waals surface area contributed by atoms with Crippen LogP contribution in [0.1, 0.15) is 56.7 Å². The maximum Gasteiger partial charge on any atom is 0.0991 e. The first-order valence-electron chi connectivity index (χ1n) is 12.2. The number of hydrogen-bond donors (Lipinski definition) is 0. The third kappa shape index (κ3) is 9.75. The van der Waals surface area contributed by atoms with Crippen molar-refractivity contribution in [3.8, 4) is 6.07 Å². The van der Waals surface area contributed by atoms with Crippen LogP contribution in [-0.2, 0) is 12.8 Å². The van der Waals surface area contributed by atoms with Gasteiger partial charge >= 0.3 is 0 Å². The third-order valence-electron chi connectivity index (χ3n) is 6.17. The Balaban J connectivity index is 0.000000188. The molecular weight excluding hydrogens is 432 g/mol. The molecule has 0 aliphatic carbocycles. The van der Waals surface area contributed by atoms with Gasteiger partial charge in [0, 0.05) is 10.9 Å². The number of aryl methyl sites for hydroxylation is 2. The monoisotopic (exact) mass is 472 g/mol. The minimum Gasteiger partial charge on any atom is -0.301 e. The van der Waals surface area contributed by atoms with E-state index in [0.717, 1.165) is 6.04 Å². The molecule has 0 saturated carbocycles. The van der Waals surface area contributed by atoms with Gasteiger partial charge in [-0.25, -0.2) is 0 Å². The molecule has 0 bridgehead atoms. The van der Waals surface area contributed by atoms with E-state index in [9.17, 15) is 0 Å². The van der Waals surface area contributed by atoms with Crippen LogP contribution >= 0.6 is 11.8 Å². The van der Waals surface area contributed by atoms with Gasteiger partial charge < -0.3 is 4.90 Å². The van der Waals surface area contributed by atoms with Gasteiger partial charge in [0.25, 0.3) is 0 Å². The van der Waals surface area contributed by atoms with Crippen LogP contribution < -0.4 is 0 Å². The van der Waals surface area contributed by atoms with Crippen LogP contribution in [0.4, 0.5) is 0 Å². The van der Waals surface area contributed by atoms with E-state index in [1.54, 1.807) is 17.7 Å². The van der Waals surface area contributed by atoms with E-state index < -0.39 is 0 Å². The zero-order valence-corrected chi connectivity index (χ0v) is 20.6. The summed E-state index contributed by atoms with van der Waals surface area (Å²) in [6.07, 6.45) is 7.95. The molecular formula is C31H40N2S. The molecule has 34 heavy (non-hydrogen) atoms. The van der Waals surface area contributed by atoms with Gasteiger partial charge in [-0.2, -0.15) is 5.26 Å². The smallest absolute Gasteiger partial charge is 0.0991 e. The van der Waals surface area contributed by atoms with E-state index in [4.69, 9.17) is 5.26 Å². The first-order chi connectivity index (χ1) is 16.3. The Morgan fingerprint density at radius 1 is 0.912 bits per heavy atom. The lowest BCUT2D eigenvalue weighted by molar-refractivity contribution is 0.265. The van der Waals surface area contributed by atoms with Gasteiger partial charge in [-0.15, -0.1) is 11.8 Å². The lowest BCUT2D eigenvalue weighted by atomic mass is 10.1. The Bertz CT molecular complexity index is 940. The maximum absolute atomic E-state index is 8.29. The summed E-state index contributed by atoms with van der Waals surface area (Å²) < 4.78 is 0. The standard InChI is InChI=1S/C14H21N.C9H10S.C7H5N.CH4/c1-13-7-5-11-15(13)12-6-10-14-8-3-2-4-9-14;1-2-6-9-8(4-1)5-3-7-10-9;8-6-7-4-2-1-3-5-7;/h2-4,8-9,13H,5-7,10-12H2,1H3;1-2,4,6H,3,5,7H2;1-5H;1H4. The molecule has 2 aliphatic rings. The quantitative estimate of drug-likeness (QED) is 0.384. The molecule has 2 heterocycles. The molecule has 0 aromatic heterocycles. The van der Waals surface area contributed by atoms with E-state index in [2.05, 4.69) is 66.4 Å². The highest BCUT2D eigenvalue weighted by Gasteiger charge is 2.18. The molecule has 180 valence electrons. The normalized spacial score (nSPS) is 16.4. The molecule has 2 nitrogen and oxygen atoms in total. The third-order valence-corrected chi connectivity index (χ3v) is 7.37. The molecule has 5 rings (SSSR count). The van der Waals surface area contributed by atoms with Crippen LogP contribution in [0.5, 0.6) is 0 Å². The predicted molar refractivity (Wildman–Crippen MR) is 148 cm³/mol. The second kappa shape index (κ2) is 16.1. The summed E-state index contributed by atoms with van der Waals surface area (Å²) >= 11 is 1.99. The Morgan fingerprint density at radius 2 is 1.59 bits per heavy atom. The molecule has 0 N–H and O–H groups in total. The van der Waals surface area contributed by atoms with Crippen molar-refractivity contribution in [3.63, 3.8) is 0 Å². The summed E-state index contributed by atoms with van der Waals surface area (Å²) in [4.78, 5) is 4.12. The number of benzene rings is 3. The summed E-state index contributed by atoms with van der Waals surface area (Å²) in [7, 11) is 0. The minimum atomic E-state index is 0. The van der Waals surface area contributed by atoms with E-state index >= 15 is 0 Å². The van der Waals surface area contributed by atoms with Crippen molar-refractivity contribution >= 4 is 11.8 Å².